The zero-order valence-electron chi connectivity index (χ0n) is 16.1. The van der Waals surface area contributed by atoms with Gasteiger partial charge in [0.25, 0.3) is 5.91 Å². The van der Waals surface area contributed by atoms with Gasteiger partial charge in [0.05, 0.1) is 16.1 Å². The standard InChI is InChI=1S/C20H18Cl4N4OS/c1-3-28-18(11(2)25-19(29)12-5-7-15(22)17(24)8-12)26-27-20(28)30-10-13-4-6-14(21)9-16(13)23/h4-9,11H,3,10H2,1-2H3,(H,25,29)/t11-/m1/s1. The molecular formula is C20H18Cl4N4OS. The molecule has 0 spiro atoms. The SMILES string of the molecule is CCn1c(SCc2ccc(Cl)cc2Cl)nnc1[C@@H](C)NC(=O)c1ccc(Cl)c(Cl)c1. The van der Waals surface area contributed by atoms with E-state index in [1.807, 2.05) is 24.5 Å². The summed E-state index contributed by atoms with van der Waals surface area (Å²) in [7, 11) is 0. The average molecular weight is 504 g/mol. The third kappa shape index (κ3) is 5.42. The first-order valence-corrected chi connectivity index (χ1v) is 11.6. The van der Waals surface area contributed by atoms with Crippen LogP contribution in [0.15, 0.2) is 41.6 Å². The lowest BCUT2D eigenvalue weighted by Gasteiger charge is -2.15. The Hall–Kier alpha value is -1.44. The molecule has 5 nitrogen and oxygen atoms in total. The number of aromatic nitrogens is 3. The maximum Gasteiger partial charge on any atom is 0.251 e. The molecule has 0 aliphatic heterocycles. The van der Waals surface area contributed by atoms with Gasteiger partial charge in [0.2, 0.25) is 0 Å². The van der Waals surface area contributed by atoms with E-state index in [9.17, 15) is 4.79 Å². The number of hydrogen-bond acceptors (Lipinski definition) is 4. The van der Waals surface area contributed by atoms with Gasteiger partial charge < -0.3 is 9.88 Å². The van der Waals surface area contributed by atoms with Crippen LogP contribution in [0.25, 0.3) is 0 Å². The van der Waals surface area contributed by atoms with E-state index in [0.29, 0.717) is 43.8 Å². The van der Waals surface area contributed by atoms with Crippen LogP contribution >= 0.6 is 58.2 Å². The molecule has 1 atom stereocenters. The molecule has 1 heterocycles. The molecular weight excluding hydrogens is 486 g/mol. The van der Waals surface area contributed by atoms with Crippen LogP contribution in [0.4, 0.5) is 0 Å². The molecule has 2 aromatic carbocycles. The van der Waals surface area contributed by atoms with E-state index in [1.54, 1.807) is 24.3 Å². The molecule has 0 saturated heterocycles. The third-order valence-electron chi connectivity index (χ3n) is 4.35. The minimum atomic E-state index is -0.354. The molecule has 30 heavy (non-hydrogen) atoms. The Balaban J connectivity index is 1.72. The van der Waals surface area contributed by atoms with Gasteiger partial charge in [-0.1, -0.05) is 64.2 Å². The minimum absolute atomic E-state index is 0.270. The number of nitrogens with zero attached hydrogens (tertiary/aromatic N) is 3. The number of rotatable bonds is 7. The van der Waals surface area contributed by atoms with Crippen molar-refractivity contribution in [1.82, 2.24) is 20.1 Å². The summed E-state index contributed by atoms with van der Waals surface area (Å²) in [6.07, 6.45) is 0. The molecule has 3 aromatic rings. The molecule has 1 N–H and O–H groups in total. The van der Waals surface area contributed by atoms with Gasteiger partial charge in [-0.05, 0) is 49.7 Å². The number of benzene rings is 2. The van der Waals surface area contributed by atoms with Crippen molar-refractivity contribution >= 4 is 64.1 Å². The largest absolute Gasteiger partial charge is 0.342 e. The quantitative estimate of drug-likeness (QED) is 0.364. The van der Waals surface area contributed by atoms with Gasteiger partial charge in [0, 0.05) is 27.9 Å². The van der Waals surface area contributed by atoms with Crippen molar-refractivity contribution in [3.63, 3.8) is 0 Å². The van der Waals surface area contributed by atoms with E-state index in [1.165, 1.54) is 17.8 Å². The highest BCUT2D eigenvalue weighted by Gasteiger charge is 2.20. The van der Waals surface area contributed by atoms with Gasteiger partial charge in [-0.25, -0.2) is 0 Å². The number of carbonyl (C=O) groups is 1. The zero-order chi connectivity index (χ0) is 21.8. The summed E-state index contributed by atoms with van der Waals surface area (Å²) in [5.74, 6) is 1.02. The maximum atomic E-state index is 12.6. The fourth-order valence-electron chi connectivity index (χ4n) is 2.79. The molecule has 0 bridgehead atoms. The highest BCUT2D eigenvalue weighted by atomic mass is 35.5. The van der Waals surface area contributed by atoms with Crippen LogP contribution in [-0.2, 0) is 12.3 Å². The fourth-order valence-corrected chi connectivity index (χ4v) is 4.65. The lowest BCUT2D eigenvalue weighted by atomic mass is 10.2. The van der Waals surface area contributed by atoms with Crippen LogP contribution in [0.1, 0.15) is 41.6 Å². The average Bonchev–Trinajstić information content (AvgIpc) is 3.12. The van der Waals surface area contributed by atoms with Crippen LogP contribution in [-0.4, -0.2) is 20.7 Å². The molecule has 0 radical (unpaired) electrons. The first-order valence-electron chi connectivity index (χ1n) is 9.05. The van der Waals surface area contributed by atoms with Crippen molar-refractivity contribution in [2.75, 3.05) is 0 Å². The van der Waals surface area contributed by atoms with Crippen molar-refractivity contribution in [2.45, 2.75) is 37.3 Å². The van der Waals surface area contributed by atoms with Gasteiger partial charge in [-0.2, -0.15) is 0 Å². The van der Waals surface area contributed by atoms with E-state index in [4.69, 9.17) is 46.4 Å². The molecule has 0 aliphatic carbocycles. The number of carbonyl (C=O) groups excluding carboxylic acids is 1. The minimum Gasteiger partial charge on any atom is -0.342 e. The number of hydrogen-bond donors (Lipinski definition) is 1. The summed E-state index contributed by atoms with van der Waals surface area (Å²) in [4.78, 5) is 12.6. The van der Waals surface area contributed by atoms with Crippen molar-refractivity contribution in [3.05, 3.63) is 73.4 Å². The highest BCUT2D eigenvalue weighted by Crippen LogP contribution is 2.29. The zero-order valence-corrected chi connectivity index (χ0v) is 20.0. The molecule has 0 aliphatic rings. The molecule has 1 amide bonds. The van der Waals surface area contributed by atoms with Crippen LogP contribution in [0, 0.1) is 0 Å². The fraction of sp³-hybridized carbons (Fsp3) is 0.250. The summed E-state index contributed by atoms with van der Waals surface area (Å²) in [5.41, 5.74) is 1.38. The van der Waals surface area contributed by atoms with E-state index in [-0.39, 0.29) is 11.9 Å². The molecule has 158 valence electrons. The highest BCUT2D eigenvalue weighted by molar-refractivity contribution is 7.98. The first kappa shape index (κ1) is 23.2. The molecule has 10 heteroatoms. The Kier molecular flexibility index (Phi) is 7.93. The van der Waals surface area contributed by atoms with Crippen molar-refractivity contribution in [1.29, 1.82) is 0 Å². The number of amides is 1. The van der Waals surface area contributed by atoms with Crippen molar-refractivity contribution in [2.24, 2.45) is 0 Å². The molecule has 1 aromatic heterocycles. The summed E-state index contributed by atoms with van der Waals surface area (Å²) < 4.78 is 1.97. The lowest BCUT2D eigenvalue weighted by Crippen LogP contribution is -2.28. The smallest absolute Gasteiger partial charge is 0.251 e. The Morgan fingerprint density at radius 2 is 1.83 bits per heavy atom. The summed E-state index contributed by atoms with van der Waals surface area (Å²) in [6, 6.07) is 9.81. The summed E-state index contributed by atoms with van der Waals surface area (Å²) in [5, 5.41) is 14.2. The van der Waals surface area contributed by atoms with Gasteiger partial charge >= 0.3 is 0 Å². The van der Waals surface area contributed by atoms with E-state index in [2.05, 4.69) is 15.5 Å². The second kappa shape index (κ2) is 10.2. The van der Waals surface area contributed by atoms with Crippen LogP contribution in [0.5, 0.6) is 0 Å². The Morgan fingerprint density at radius 3 is 2.50 bits per heavy atom. The number of thioether (sulfide) groups is 1. The Morgan fingerprint density at radius 1 is 1.07 bits per heavy atom. The predicted octanol–water partition coefficient (Wildman–Crippen LogP) is 6.69. The van der Waals surface area contributed by atoms with E-state index < -0.39 is 0 Å². The van der Waals surface area contributed by atoms with Gasteiger partial charge in [-0.15, -0.1) is 10.2 Å². The van der Waals surface area contributed by atoms with Crippen LogP contribution in [0.2, 0.25) is 20.1 Å². The first-order chi connectivity index (χ1) is 14.3. The topological polar surface area (TPSA) is 59.8 Å². The van der Waals surface area contributed by atoms with Crippen LogP contribution < -0.4 is 5.32 Å². The van der Waals surface area contributed by atoms with Crippen molar-refractivity contribution < 1.29 is 4.79 Å². The second-order valence-corrected chi connectivity index (χ2v) is 9.03. The normalized spacial score (nSPS) is 12.1. The number of halogens is 4. The lowest BCUT2D eigenvalue weighted by molar-refractivity contribution is 0.0937. The third-order valence-corrected chi connectivity index (χ3v) is 6.69. The summed E-state index contributed by atoms with van der Waals surface area (Å²) in [6.45, 7) is 4.52. The van der Waals surface area contributed by atoms with Gasteiger partial charge in [-0.3, -0.25) is 4.79 Å². The predicted molar refractivity (Wildman–Crippen MR) is 124 cm³/mol. The molecule has 0 unspecified atom stereocenters. The van der Waals surface area contributed by atoms with E-state index in [0.717, 1.165) is 10.7 Å². The maximum absolute atomic E-state index is 12.6. The van der Waals surface area contributed by atoms with Gasteiger partial charge in [0.15, 0.2) is 11.0 Å². The Bertz CT molecular complexity index is 1070. The second-order valence-electron chi connectivity index (χ2n) is 6.43. The van der Waals surface area contributed by atoms with Gasteiger partial charge in [0.1, 0.15) is 0 Å². The molecule has 3 rings (SSSR count). The molecule has 0 saturated carbocycles. The number of nitrogens with one attached hydrogen (secondary N) is 1. The monoisotopic (exact) mass is 502 g/mol. The van der Waals surface area contributed by atoms with E-state index >= 15 is 0 Å². The van der Waals surface area contributed by atoms with Crippen LogP contribution in [0.3, 0.4) is 0 Å². The van der Waals surface area contributed by atoms with Crippen molar-refractivity contribution in [3.8, 4) is 0 Å². The Labute approximate surface area is 199 Å². The summed E-state index contributed by atoms with van der Waals surface area (Å²) >= 11 is 25.7. The molecule has 0 fully saturated rings.